The summed E-state index contributed by atoms with van der Waals surface area (Å²) in [6.07, 6.45) is 4.26. The van der Waals surface area contributed by atoms with Gasteiger partial charge >= 0.3 is 0 Å². The van der Waals surface area contributed by atoms with E-state index in [2.05, 4.69) is 5.10 Å². The maximum absolute atomic E-state index is 12.1. The number of hydrogen-bond acceptors (Lipinski definition) is 4. The fourth-order valence-corrected chi connectivity index (χ4v) is 2.08. The van der Waals surface area contributed by atoms with Gasteiger partial charge in [0.05, 0.1) is 27.4 Å². The van der Waals surface area contributed by atoms with Gasteiger partial charge in [-0.15, -0.1) is 0 Å². The van der Waals surface area contributed by atoms with Gasteiger partial charge in [-0.1, -0.05) is 23.7 Å². The van der Waals surface area contributed by atoms with E-state index < -0.39 is 10.7 Å². The lowest BCUT2D eigenvalue weighted by molar-refractivity contribution is -0.385. The van der Waals surface area contributed by atoms with Crippen LogP contribution in [-0.4, -0.2) is 20.5 Å². The average molecular weight is 306 g/mol. The first kappa shape index (κ1) is 14.9. The Kier molecular flexibility index (Phi) is 4.49. The van der Waals surface area contributed by atoms with Crippen LogP contribution < -0.4 is 0 Å². The van der Waals surface area contributed by atoms with Gasteiger partial charge in [-0.05, 0) is 25.1 Å². The molecule has 0 N–H and O–H groups in total. The molecule has 0 bridgehead atoms. The normalized spacial score (nSPS) is 11.0. The quantitative estimate of drug-likeness (QED) is 0.367. The minimum absolute atomic E-state index is 0.0393. The number of benzene rings is 1. The van der Waals surface area contributed by atoms with Crippen LogP contribution in [0.4, 0.5) is 5.69 Å². The average Bonchev–Trinajstić information content (AvgIpc) is 2.85. The van der Waals surface area contributed by atoms with Crippen LogP contribution in [0.15, 0.2) is 36.5 Å². The summed E-state index contributed by atoms with van der Waals surface area (Å²) in [5.74, 6) is -0.456. The van der Waals surface area contributed by atoms with Gasteiger partial charge in [-0.25, -0.2) is 0 Å². The van der Waals surface area contributed by atoms with E-state index in [0.717, 1.165) is 0 Å². The van der Waals surface area contributed by atoms with Crippen LogP contribution in [0.25, 0.3) is 6.08 Å². The number of halogens is 1. The number of nitro benzene ring substituents is 1. The molecule has 0 aliphatic heterocycles. The van der Waals surface area contributed by atoms with Crippen LogP contribution in [0.3, 0.4) is 0 Å². The molecule has 7 heteroatoms. The van der Waals surface area contributed by atoms with Gasteiger partial charge < -0.3 is 0 Å². The fraction of sp³-hybridized carbons (Fsp3) is 0.143. The van der Waals surface area contributed by atoms with E-state index in [-0.39, 0.29) is 11.3 Å². The molecule has 1 aromatic carbocycles. The van der Waals surface area contributed by atoms with E-state index in [0.29, 0.717) is 17.3 Å². The molecule has 0 aliphatic carbocycles. The first-order valence-electron chi connectivity index (χ1n) is 6.21. The molecule has 1 heterocycles. The van der Waals surface area contributed by atoms with Crippen molar-refractivity contribution in [1.82, 2.24) is 9.78 Å². The van der Waals surface area contributed by atoms with Crippen molar-refractivity contribution >= 4 is 29.1 Å². The van der Waals surface area contributed by atoms with E-state index in [9.17, 15) is 14.9 Å². The van der Waals surface area contributed by atoms with Gasteiger partial charge in [-0.3, -0.25) is 19.6 Å². The summed E-state index contributed by atoms with van der Waals surface area (Å²) in [5.41, 5.74) is 0.408. The Hall–Kier alpha value is -2.47. The zero-order valence-electron chi connectivity index (χ0n) is 11.2. The van der Waals surface area contributed by atoms with Crippen LogP contribution in [0.1, 0.15) is 23.0 Å². The summed E-state index contributed by atoms with van der Waals surface area (Å²) in [6.45, 7) is 2.50. The Balaban J connectivity index is 2.32. The van der Waals surface area contributed by atoms with Crippen molar-refractivity contribution in [2.24, 2.45) is 0 Å². The lowest BCUT2D eigenvalue weighted by Gasteiger charge is -2.00. The highest BCUT2D eigenvalue weighted by atomic mass is 35.5. The molecule has 0 saturated heterocycles. The number of nitrogens with zero attached hydrogens (tertiary/aromatic N) is 3. The second kappa shape index (κ2) is 6.32. The smallest absolute Gasteiger partial charge is 0.280 e. The van der Waals surface area contributed by atoms with Crippen molar-refractivity contribution in [3.8, 4) is 0 Å². The van der Waals surface area contributed by atoms with Crippen molar-refractivity contribution < 1.29 is 9.72 Å². The minimum Gasteiger partial charge on any atom is -0.289 e. The van der Waals surface area contributed by atoms with Gasteiger partial charge in [0.2, 0.25) is 0 Å². The molecule has 0 unspecified atom stereocenters. The summed E-state index contributed by atoms with van der Waals surface area (Å²) in [6, 6.07) is 5.81. The number of aromatic nitrogens is 2. The molecular weight excluding hydrogens is 294 g/mol. The largest absolute Gasteiger partial charge is 0.289 e. The van der Waals surface area contributed by atoms with Crippen molar-refractivity contribution in [3.63, 3.8) is 0 Å². The van der Waals surface area contributed by atoms with Crippen molar-refractivity contribution in [2.45, 2.75) is 13.5 Å². The standard InChI is InChI=1S/C14H12ClN3O3/c1-2-17-13(11(15)9-16-17)7-8-14(19)10-5-3-4-6-12(10)18(20)21/h3-9H,2H2,1H3/b8-7+. The van der Waals surface area contributed by atoms with Crippen molar-refractivity contribution in [3.05, 3.63) is 62.9 Å². The molecule has 0 aliphatic rings. The monoisotopic (exact) mass is 305 g/mol. The minimum atomic E-state index is -0.579. The zero-order chi connectivity index (χ0) is 15.4. The third-order valence-corrected chi connectivity index (χ3v) is 3.18. The number of nitro groups is 1. The predicted molar refractivity (Wildman–Crippen MR) is 79.4 cm³/mol. The number of ketones is 1. The van der Waals surface area contributed by atoms with E-state index >= 15 is 0 Å². The molecule has 0 spiro atoms. The number of aryl methyl sites for hydroxylation is 1. The number of carbonyl (C=O) groups excluding carboxylic acids is 1. The van der Waals surface area contributed by atoms with E-state index in [4.69, 9.17) is 11.6 Å². The predicted octanol–water partition coefficient (Wildman–Crippen LogP) is 3.36. The van der Waals surface area contributed by atoms with E-state index in [1.54, 1.807) is 10.7 Å². The Morgan fingerprint density at radius 1 is 1.48 bits per heavy atom. The summed E-state index contributed by atoms with van der Waals surface area (Å²) in [5, 5.41) is 15.4. The molecule has 0 saturated carbocycles. The van der Waals surface area contributed by atoms with Gasteiger partial charge in [0, 0.05) is 12.6 Å². The molecule has 0 fully saturated rings. The van der Waals surface area contributed by atoms with E-state index in [1.165, 1.54) is 36.5 Å². The van der Waals surface area contributed by atoms with E-state index in [1.807, 2.05) is 6.92 Å². The highest BCUT2D eigenvalue weighted by Crippen LogP contribution is 2.20. The summed E-state index contributed by atoms with van der Waals surface area (Å²) in [4.78, 5) is 22.4. The number of carbonyl (C=O) groups is 1. The SMILES string of the molecule is CCn1ncc(Cl)c1/C=C/C(=O)c1ccccc1[N+](=O)[O-]. The molecule has 2 aromatic rings. The zero-order valence-corrected chi connectivity index (χ0v) is 11.9. The number of para-hydroxylation sites is 1. The maximum Gasteiger partial charge on any atom is 0.280 e. The van der Waals surface area contributed by atoms with Gasteiger partial charge in [0.15, 0.2) is 5.78 Å². The Morgan fingerprint density at radius 3 is 2.86 bits per heavy atom. The second-order valence-corrected chi connectivity index (χ2v) is 4.57. The fourth-order valence-electron chi connectivity index (χ4n) is 1.88. The van der Waals surface area contributed by atoms with Crippen LogP contribution in [-0.2, 0) is 6.54 Å². The molecule has 108 valence electrons. The van der Waals surface area contributed by atoms with Crippen molar-refractivity contribution in [1.29, 1.82) is 0 Å². The van der Waals surface area contributed by atoms with Gasteiger partial charge in [0.1, 0.15) is 0 Å². The molecule has 0 radical (unpaired) electrons. The molecule has 21 heavy (non-hydrogen) atoms. The second-order valence-electron chi connectivity index (χ2n) is 4.17. The van der Waals surface area contributed by atoms with Crippen LogP contribution in [0.2, 0.25) is 5.02 Å². The first-order chi connectivity index (χ1) is 10.0. The molecule has 0 amide bonds. The summed E-state index contributed by atoms with van der Waals surface area (Å²) >= 11 is 5.98. The lowest BCUT2D eigenvalue weighted by atomic mass is 10.1. The molecular formula is C14H12ClN3O3. The summed E-state index contributed by atoms with van der Waals surface area (Å²) in [7, 11) is 0. The van der Waals surface area contributed by atoms with Crippen LogP contribution in [0.5, 0.6) is 0 Å². The lowest BCUT2D eigenvalue weighted by Crippen LogP contribution is -2.02. The Labute approximate surface area is 125 Å². The third-order valence-electron chi connectivity index (χ3n) is 2.89. The molecule has 2 rings (SSSR count). The third kappa shape index (κ3) is 3.17. The molecule has 6 nitrogen and oxygen atoms in total. The van der Waals surface area contributed by atoms with Gasteiger partial charge in [0.25, 0.3) is 5.69 Å². The number of rotatable bonds is 5. The Bertz CT molecular complexity index is 722. The number of allylic oxidation sites excluding steroid dienone is 1. The van der Waals surface area contributed by atoms with Crippen LogP contribution >= 0.6 is 11.6 Å². The molecule has 1 aromatic heterocycles. The topological polar surface area (TPSA) is 78.0 Å². The highest BCUT2D eigenvalue weighted by Gasteiger charge is 2.17. The maximum atomic E-state index is 12.1. The summed E-state index contributed by atoms with van der Waals surface area (Å²) < 4.78 is 1.63. The Morgan fingerprint density at radius 2 is 2.19 bits per heavy atom. The molecule has 0 atom stereocenters. The first-order valence-corrected chi connectivity index (χ1v) is 6.59. The highest BCUT2D eigenvalue weighted by molar-refractivity contribution is 6.32. The van der Waals surface area contributed by atoms with Crippen LogP contribution in [0, 0.1) is 10.1 Å². The van der Waals surface area contributed by atoms with Crippen molar-refractivity contribution in [2.75, 3.05) is 0 Å². The number of hydrogen-bond donors (Lipinski definition) is 0. The van der Waals surface area contributed by atoms with Gasteiger partial charge in [-0.2, -0.15) is 5.10 Å².